The Balaban J connectivity index is 2.56. The van der Waals surface area contributed by atoms with Crippen LogP contribution in [0.3, 0.4) is 0 Å². The Hall–Kier alpha value is -3.46. The van der Waals surface area contributed by atoms with Crippen LogP contribution in [0.2, 0.25) is 0 Å². The molecule has 19 nitrogen and oxygen atoms in total. The van der Waals surface area contributed by atoms with Gasteiger partial charge in [-0.2, -0.15) is 5.06 Å². The van der Waals surface area contributed by atoms with Crippen LogP contribution in [-0.4, -0.2) is 138 Å². The average Bonchev–Trinajstić information content (AvgIpc) is 3.00. The molecule has 1 saturated heterocycles. The molecule has 1 rings (SSSR count). The summed E-state index contributed by atoms with van der Waals surface area (Å²) >= 11 is 0. The largest absolute Gasteiger partial charge is 0.394 e. The van der Waals surface area contributed by atoms with E-state index in [1.165, 1.54) is 27.8 Å². The molecule has 6 amide bonds. The van der Waals surface area contributed by atoms with Gasteiger partial charge in [0.25, 0.3) is 0 Å². The van der Waals surface area contributed by atoms with Gasteiger partial charge >= 0.3 is 0 Å². The summed E-state index contributed by atoms with van der Waals surface area (Å²) in [7, 11) is 1.39. The number of primary amides is 1. The maximum Gasteiger partial charge on any atom is 0.248 e. The minimum Gasteiger partial charge on any atom is -0.394 e. The van der Waals surface area contributed by atoms with Gasteiger partial charge in [0.1, 0.15) is 43.0 Å². The molecule has 47 heavy (non-hydrogen) atoms. The summed E-state index contributed by atoms with van der Waals surface area (Å²) < 4.78 is 5.58. The van der Waals surface area contributed by atoms with Crippen LogP contribution in [0.5, 0.6) is 0 Å². The number of carbonyl (C=O) groups is 6. The van der Waals surface area contributed by atoms with Crippen molar-refractivity contribution in [2.45, 2.75) is 108 Å². The highest BCUT2D eigenvalue weighted by Gasteiger charge is 2.46. The first-order valence-electron chi connectivity index (χ1n) is 15.5. The van der Waals surface area contributed by atoms with Crippen LogP contribution in [0, 0.1) is 0 Å². The van der Waals surface area contributed by atoms with E-state index in [-0.39, 0.29) is 13.0 Å². The zero-order valence-corrected chi connectivity index (χ0v) is 27.4. The molecule has 12 N–H and O–H groups in total. The smallest absolute Gasteiger partial charge is 0.248 e. The SMILES string of the molecule is CC(=O)N[C@@H]1[C@@H](O)[C@@H](O)[C@@H](CO)O[C@H]1N(C)OCC(=O)NCCCC[C@H](NC(C)=O)C(=O)N[C@@H](C)C(=O)N[C@@H](CCCCN)C(N)=O. The molecule has 1 aliphatic rings. The van der Waals surface area contributed by atoms with Crippen molar-refractivity contribution in [3.05, 3.63) is 0 Å². The molecule has 0 radical (unpaired) electrons. The summed E-state index contributed by atoms with van der Waals surface area (Å²) in [5.74, 6) is -3.41. The van der Waals surface area contributed by atoms with Crippen molar-refractivity contribution >= 4 is 35.4 Å². The Bertz CT molecular complexity index is 1050. The number of nitrogens with one attached hydrogen (secondary N) is 5. The van der Waals surface area contributed by atoms with Crippen LogP contribution in [0.15, 0.2) is 0 Å². The van der Waals surface area contributed by atoms with Crippen molar-refractivity contribution in [3.63, 3.8) is 0 Å². The molecular weight excluding hydrogens is 624 g/mol. The van der Waals surface area contributed by atoms with Crippen LogP contribution in [0.25, 0.3) is 0 Å². The van der Waals surface area contributed by atoms with Gasteiger partial charge in [-0.05, 0) is 52.0 Å². The van der Waals surface area contributed by atoms with Crippen molar-refractivity contribution in [2.75, 3.05) is 33.4 Å². The molecule has 19 heteroatoms. The number of carbonyl (C=O) groups excluding carboxylic acids is 6. The number of rotatable bonds is 21. The number of hydrogen-bond donors (Lipinski definition) is 10. The van der Waals surface area contributed by atoms with E-state index >= 15 is 0 Å². The lowest BCUT2D eigenvalue weighted by atomic mass is 9.96. The highest BCUT2D eigenvalue weighted by atomic mass is 16.7. The average molecular weight is 677 g/mol. The Morgan fingerprint density at radius 3 is 2.11 bits per heavy atom. The van der Waals surface area contributed by atoms with Crippen LogP contribution in [0.4, 0.5) is 0 Å². The van der Waals surface area contributed by atoms with Crippen LogP contribution in [-0.2, 0) is 38.3 Å². The standard InChI is InChI=1S/C28H52N8O11/c1-15(26(44)35-18(25(30)43)9-5-7-11-29)32-27(45)19(33-16(2)38)10-6-8-12-31-21(40)14-46-36(4)28-22(34-17(3)39)24(42)23(41)20(13-37)47-28/h15,18-20,22-24,28,37,41-42H,5-14,29H2,1-4H3,(H2,30,43)(H,31,40)(H,32,45)(H,33,38)(H,34,39)(H,35,44)/t15-,18-,19-,20+,22+,23-,24+,28+/m0/s1. The van der Waals surface area contributed by atoms with Crippen LogP contribution < -0.4 is 38.1 Å². The number of likely N-dealkylation sites (N-methyl/N-ethyl adjacent to an activating group) is 1. The summed E-state index contributed by atoms with van der Waals surface area (Å²) in [5.41, 5.74) is 10.8. The second-order valence-corrected chi connectivity index (χ2v) is 11.4. The number of nitrogens with two attached hydrogens (primary N) is 2. The van der Waals surface area contributed by atoms with E-state index in [4.69, 9.17) is 21.0 Å². The van der Waals surface area contributed by atoms with Crippen LogP contribution in [0.1, 0.15) is 59.3 Å². The first kappa shape index (κ1) is 41.6. The van der Waals surface area contributed by atoms with Crippen molar-refractivity contribution in [1.82, 2.24) is 31.6 Å². The molecule has 0 unspecified atom stereocenters. The molecule has 0 saturated carbocycles. The third-order valence-electron chi connectivity index (χ3n) is 7.32. The Morgan fingerprint density at radius 2 is 1.53 bits per heavy atom. The van der Waals surface area contributed by atoms with E-state index < -0.39 is 97.4 Å². The minimum absolute atomic E-state index is 0.196. The second-order valence-electron chi connectivity index (χ2n) is 11.4. The first-order chi connectivity index (χ1) is 22.1. The maximum atomic E-state index is 12.9. The van der Waals surface area contributed by atoms with Gasteiger partial charge in [-0.25, -0.2) is 0 Å². The van der Waals surface area contributed by atoms with Gasteiger partial charge in [-0.15, -0.1) is 0 Å². The topological polar surface area (TPSA) is 297 Å². The number of hydroxylamine groups is 2. The van der Waals surface area contributed by atoms with Gasteiger partial charge in [-0.3, -0.25) is 33.6 Å². The van der Waals surface area contributed by atoms with Crippen molar-refractivity contribution < 1.29 is 53.7 Å². The molecule has 0 aromatic heterocycles. The molecule has 0 spiro atoms. The molecule has 1 fully saturated rings. The molecule has 270 valence electrons. The highest BCUT2D eigenvalue weighted by Crippen LogP contribution is 2.23. The van der Waals surface area contributed by atoms with Crippen LogP contribution >= 0.6 is 0 Å². The summed E-state index contributed by atoms with van der Waals surface area (Å²) in [4.78, 5) is 78.2. The van der Waals surface area contributed by atoms with Gasteiger partial charge in [0.15, 0.2) is 6.23 Å². The number of amides is 6. The number of aliphatic hydroxyl groups excluding tert-OH is 3. The number of hydrogen-bond acceptors (Lipinski definition) is 13. The van der Waals surface area contributed by atoms with Crippen molar-refractivity contribution in [3.8, 4) is 0 Å². The fourth-order valence-corrected chi connectivity index (χ4v) is 4.75. The van der Waals surface area contributed by atoms with E-state index in [1.807, 2.05) is 0 Å². The minimum atomic E-state index is -1.48. The Morgan fingerprint density at radius 1 is 0.894 bits per heavy atom. The number of nitrogens with zero attached hydrogens (tertiary/aromatic N) is 1. The predicted molar refractivity (Wildman–Crippen MR) is 165 cm³/mol. The van der Waals surface area contributed by atoms with Gasteiger partial charge < -0.3 is 58.1 Å². The fraction of sp³-hybridized carbons (Fsp3) is 0.786. The number of ether oxygens (including phenoxy) is 1. The van der Waals surface area contributed by atoms with E-state index in [2.05, 4.69) is 26.6 Å². The van der Waals surface area contributed by atoms with Crippen molar-refractivity contribution in [1.29, 1.82) is 0 Å². The lowest BCUT2D eigenvalue weighted by molar-refractivity contribution is -0.301. The van der Waals surface area contributed by atoms with E-state index in [0.29, 0.717) is 38.6 Å². The highest BCUT2D eigenvalue weighted by molar-refractivity contribution is 5.93. The normalized spacial score (nSPS) is 22.8. The predicted octanol–water partition coefficient (Wildman–Crippen LogP) is -4.81. The third kappa shape index (κ3) is 14.9. The molecule has 8 atom stereocenters. The summed E-state index contributed by atoms with van der Waals surface area (Å²) in [5, 5.41) is 43.8. The van der Waals surface area contributed by atoms with Gasteiger partial charge in [0.05, 0.1) is 12.6 Å². The zero-order valence-electron chi connectivity index (χ0n) is 27.4. The summed E-state index contributed by atoms with van der Waals surface area (Å²) in [6.07, 6.45) is -2.69. The summed E-state index contributed by atoms with van der Waals surface area (Å²) in [6, 6.07) is -4.02. The second kappa shape index (κ2) is 21.4. The zero-order chi connectivity index (χ0) is 35.7. The van der Waals surface area contributed by atoms with Crippen molar-refractivity contribution in [2.24, 2.45) is 11.5 Å². The lowest BCUT2D eigenvalue weighted by Gasteiger charge is -2.45. The maximum absolute atomic E-state index is 12.9. The monoisotopic (exact) mass is 676 g/mol. The van der Waals surface area contributed by atoms with Gasteiger partial charge in [0, 0.05) is 27.4 Å². The molecule has 0 bridgehead atoms. The Kier molecular flexibility index (Phi) is 18.9. The fourth-order valence-electron chi connectivity index (χ4n) is 4.75. The first-order valence-corrected chi connectivity index (χ1v) is 15.5. The molecule has 0 aromatic carbocycles. The molecule has 1 aliphatic heterocycles. The molecule has 0 aromatic rings. The summed E-state index contributed by atoms with van der Waals surface area (Å²) in [6.45, 7) is 3.44. The van der Waals surface area contributed by atoms with Gasteiger partial charge in [-0.1, -0.05) is 0 Å². The number of unbranched alkanes of at least 4 members (excludes halogenated alkanes) is 2. The van der Waals surface area contributed by atoms with E-state index in [9.17, 15) is 44.1 Å². The number of aliphatic hydroxyl groups is 3. The molecular formula is C28H52N8O11. The van der Waals surface area contributed by atoms with E-state index in [0.717, 1.165) is 5.06 Å². The molecule has 1 heterocycles. The lowest BCUT2D eigenvalue weighted by Crippen LogP contribution is -2.67. The molecule has 0 aliphatic carbocycles. The third-order valence-corrected chi connectivity index (χ3v) is 7.32. The van der Waals surface area contributed by atoms with Gasteiger partial charge in [0.2, 0.25) is 35.4 Å². The quantitative estimate of drug-likeness (QED) is 0.0404. The Labute approximate surface area is 273 Å². The van der Waals surface area contributed by atoms with E-state index in [1.54, 1.807) is 0 Å².